The Kier molecular flexibility index (Phi) is 3.81. The first-order valence-corrected chi connectivity index (χ1v) is 7.15. The highest BCUT2D eigenvalue weighted by molar-refractivity contribution is 5.57. The van der Waals surface area contributed by atoms with Crippen LogP contribution in [-0.2, 0) is 0 Å². The summed E-state index contributed by atoms with van der Waals surface area (Å²) in [6.07, 6.45) is 3.61. The van der Waals surface area contributed by atoms with Crippen LogP contribution in [0.3, 0.4) is 0 Å². The maximum Gasteiger partial charge on any atom is 0.311 e. The van der Waals surface area contributed by atoms with Crippen LogP contribution in [0.5, 0.6) is 0 Å². The molecule has 5 nitrogen and oxygen atoms in total. The van der Waals surface area contributed by atoms with Gasteiger partial charge < -0.3 is 4.90 Å². The van der Waals surface area contributed by atoms with Gasteiger partial charge in [0.05, 0.1) is 4.92 Å². The highest BCUT2D eigenvalue weighted by Crippen LogP contribution is 2.32. The lowest BCUT2D eigenvalue weighted by Crippen LogP contribution is -2.33. The van der Waals surface area contributed by atoms with Gasteiger partial charge in [0.15, 0.2) is 0 Å². The van der Waals surface area contributed by atoms with Crippen molar-refractivity contribution in [1.29, 1.82) is 0 Å². The summed E-state index contributed by atoms with van der Waals surface area (Å²) in [5.74, 6) is 1.03. The number of rotatable bonds is 3. The summed E-state index contributed by atoms with van der Waals surface area (Å²) >= 11 is 0. The molecule has 1 aromatic heterocycles. The Morgan fingerprint density at radius 1 is 1.10 bits per heavy atom. The molecular weight excluding hydrogens is 266 g/mol. The molecule has 0 atom stereocenters. The normalized spacial score (nSPS) is 15.9. The van der Waals surface area contributed by atoms with E-state index in [1.807, 2.05) is 11.0 Å². The van der Waals surface area contributed by atoms with Gasteiger partial charge in [-0.1, -0.05) is 30.3 Å². The van der Waals surface area contributed by atoms with Crippen LogP contribution in [0.2, 0.25) is 0 Å². The van der Waals surface area contributed by atoms with E-state index in [-0.39, 0.29) is 10.6 Å². The number of aromatic nitrogens is 1. The maximum atomic E-state index is 11.1. The molecule has 0 spiro atoms. The van der Waals surface area contributed by atoms with Gasteiger partial charge in [-0.25, -0.2) is 4.98 Å². The number of nitrogens with zero attached hydrogens (tertiary/aromatic N) is 3. The van der Waals surface area contributed by atoms with E-state index >= 15 is 0 Å². The SMILES string of the molecule is O=[N+]([O-])c1cccnc1N1CCC(c2ccccc2)CC1. The summed E-state index contributed by atoms with van der Waals surface area (Å²) in [5.41, 5.74) is 1.45. The minimum Gasteiger partial charge on any atom is -0.351 e. The lowest BCUT2D eigenvalue weighted by molar-refractivity contribution is -0.384. The lowest BCUT2D eigenvalue weighted by Gasteiger charge is -2.32. The van der Waals surface area contributed by atoms with Crippen LogP contribution in [0.15, 0.2) is 48.7 Å². The van der Waals surface area contributed by atoms with Crippen molar-refractivity contribution in [3.63, 3.8) is 0 Å². The Hall–Kier alpha value is -2.43. The number of hydrogen-bond acceptors (Lipinski definition) is 4. The van der Waals surface area contributed by atoms with E-state index in [0.29, 0.717) is 11.7 Å². The second-order valence-corrected chi connectivity index (χ2v) is 5.28. The van der Waals surface area contributed by atoms with E-state index in [2.05, 4.69) is 29.2 Å². The first kappa shape index (κ1) is 13.5. The van der Waals surface area contributed by atoms with Crippen molar-refractivity contribution in [3.05, 3.63) is 64.3 Å². The zero-order chi connectivity index (χ0) is 14.7. The van der Waals surface area contributed by atoms with Crippen molar-refractivity contribution in [2.45, 2.75) is 18.8 Å². The smallest absolute Gasteiger partial charge is 0.311 e. The van der Waals surface area contributed by atoms with Gasteiger partial charge in [-0.3, -0.25) is 10.1 Å². The molecule has 1 fully saturated rings. The van der Waals surface area contributed by atoms with Crippen molar-refractivity contribution in [2.75, 3.05) is 18.0 Å². The molecule has 1 aliphatic rings. The number of nitro groups is 1. The van der Waals surface area contributed by atoms with Crippen LogP contribution >= 0.6 is 0 Å². The fraction of sp³-hybridized carbons (Fsp3) is 0.312. The second kappa shape index (κ2) is 5.91. The van der Waals surface area contributed by atoms with Crippen LogP contribution in [0.1, 0.15) is 24.3 Å². The predicted octanol–water partition coefficient (Wildman–Crippen LogP) is 3.37. The van der Waals surface area contributed by atoms with Crippen LogP contribution in [0.4, 0.5) is 11.5 Å². The molecule has 1 saturated heterocycles. The van der Waals surface area contributed by atoms with Gasteiger partial charge in [0, 0.05) is 25.4 Å². The van der Waals surface area contributed by atoms with E-state index in [1.54, 1.807) is 12.3 Å². The van der Waals surface area contributed by atoms with Crippen molar-refractivity contribution in [1.82, 2.24) is 4.98 Å². The molecule has 108 valence electrons. The van der Waals surface area contributed by atoms with Crippen LogP contribution in [0, 0.1) is 10.1 Å². The maximum absolute atomic E-state index is 11.1. The summed E-state index contributed by atoms with van der Waals surface area (Å²) < 4.78 is 0. The Morgan fingerprint density at radius 2 is 1.81 bits per heavy atom. The van der Waals surface area contributed by atoms with Gasteiger partial charge in [0.2, 0.25) is 5.82 Å². The second-order valence-electron chi connectivity index (χ2n) is 5.28. The van der Waals surface area contributed by atoms with Crippen LogP contribution in [0.25, 0.3) is 0 Å². The average Bonchev–Trinajstić information content (AvgIpc) is 2.56. The average molecular weight is 283 g/mol. The Morgan fingerprint density at radius 3 is 2.48 bits per heavy atom. The minimum atomic E-state index is -0.356. The summed E-state index contributed by atoms with van der Waals surface area (Å²) in [7, 11) is 0. The van der Waals surface area contributed by atoms with Gasteiger partial charge >= 0.3 is 5.69 Å². The third kappa shape index (κ3) is 2.86. The molecule has 21 heavy (non-hydrogen) atoms. The van der Waals surface area contributed by atoms with E-state index in [4.69, 9.17) is 0 Å². The zero-order valence-corrected chi connectivity index (χ0v) is 11.7. The van der Waals surface area contributed by atoms with Crippen molar-refractivity contribution >= 4 is 11.5 Å². The van der Waals surface area contributed by atoms with E-state index in [1.165, 1.54) is 11.6 Å². The van der Waals surface area contributed by atoms with E-state index in [9.17, 15) is 10.1 Å². The first-order valence-electron chi connectivity index (χ1n) is 7.15. The van der Waals surface area contributed by atoms with Gasteiger partial charge in [0.25, 0.3) is 0 Å². The molecule has 5 heteroatoms. The number of hydrogen-bond donors (Lipinski definition) is 0. The Balaban J connectivity index is 1.73. The standard InChI is InChI=1S/C16H17N3O2/c20-19(21)15-7-4-10-17-16(15)18-11-8-14(9-12-18)13-5-2-1-3-6-13/h1-7,10,14H,8-9,11-12H2. The summed E-state index contributed by atoms with van der Waals surface area (Å²) in [4.78, 5) is 17.0. The molecule has 2 aromatic rings. The summed E-state index contributed by atoms with van der Waals surface area (Å²) in [5, 5.41) is 11.1. The van der Waals surface area contributed by atoms with Crippen LogP contribution in [-0.4, -0.2) is 23.0 Å². The number of benzene rings is 1. The molecule has 1 aromatic carbocycles. The van der Waals surface area contributed by atoms with Gasteiger partial charge in [-0.15, -0.1) is 0 Å². The number of anilines is 1. The molecule has 0 amide bonds. The molecule has 0 unspecified atom stereocenters. The Bertz CT molecular complexity index is 622. The molecule has 0 bridgehead atoms. The molecule has 0 aliphatic carbocycles. The highest BCUT2D eigenvalue weighted by Gasteiger charge is 2.26. The summed E-state index contributed by atoms with van der Waals surface area (Å²) in [6, 6.07) is 13.6. The first-order chi connectivity index (χ1) is 10.3. The predicted molar refractivity (Wildman–Crippen MR) is 81.5 cm³/mol. The molecule has 3 rings (SSSR count). The van der Waals surface area contributed by atoms with Crippen molar-refractivity contribution in [3.8, 4) is 0 Å². The van der Waals surface area contributed by atoms with Gasteiger partial charge in [-0.05, 0) is 30.4 Å². The largest absolute Gasteiger partial charge is 0.351 e. The molecule has 2 heterocycles. The van der Waals surface area contributed by atoms with Crippen molar-refractivity contribution in [2.24, 2.45) is 0 Å². The van der Waals surface area contributed by atoms with Gasteiger partial charge in [0.1, 0.15) is 0 Å². The zero-order valence-electron chi connectivity index (χ0n) is 11.7. The van der Waals surface area contributed by atoms with E-state index < -0.39 is 0 Å². The fourth-order valence-corrected chi connectivity index (χ4v) is 2.92. The minimum absolute atomic E-state index is 0.0932. The topological polar surface area (TPSA) is 59.3 Å². The summed E-state index contributed by atoms with van der Waals surface area (Å²) in [6.45, 7) is 1.61. The molecule has 0 N–H and O–H groups in total. The number of piperidine rings is 1. The molecular formula is C16H17N3O2. The lowest BCUT2D eigenvalue weighted by atomic mass is 9.89. The fourth-order valence-electron chi connectivity index (χ4n) is 2.92. The molecule has 0 radical (unpaired) electrons. The van der Waals surface area contributed by atoms with Crippen molar-refractivity contribution < 1.29 is 4.92 Å². The Labute approximate surface area is 123 Å². The monoisotopic (exact) mass is 283 g/mol. The molecule has 0 saturated carbocycles. The van der Waals surface area contributed by atoms with Crippen LogP contribution < -0.4 is 4.90 Å². The van der Waals surface area contributed by atoms with E-state index in [0.717, 1.165) is 25.9 Å². The third-order valence-corrected chi connectivity index (χ3v) is 4.03. The van der Waals surface area contributed by atoms with Gasteiger partial charge in [-0.2, -0.15) is 0 Å². The quantitative estimate of drug-likeness (QED) is 0.640. The molecule has 1 aliphatic heterocycles. The third-order valence-electron chi connectivity index (χ3n) is 4.03. The highest BCUT2D eigenvalue weighted by atomic mass is 16.6. The number of pyridine rings is 1.